The molecule has 0 rings (SSSR count). The van der Waals surface area contributed by atoms with Crippen LogP contribution in [-0.4, -0.2) is 94.7 Å². The van der Waals surface area contributed by atoms with Crippen molar-refractivity contribution in [2.45, 2.75) is 102 Å². The van der Waals surface area contributed by atoms with Crippen molar-refractivity contribution in [2.75, 3.05) is 52.4 Å². The third kappa shape index (κ3) is 20.3. The number of nitrogens with two attached hydrogens (primary N) is 4. The summed E-state index contributed by atoms with van der Waals surface area (Å²) in [6.45, 7) is 24.3. The van der Waals surface area contributed by atoms with Gasteiger partial charge in [0.25, 0.3) is 0 Å². The van der Waals surface area contributed by atoms with Gasteiger partial charge in [0.1, 0.15) is 0 Å². The molecular formula is C24H66N6O4Si5. The molecule has 0 aromatic rings. The first kappa shape index (κ1) is 39.7. The van der Waals surface area contributed by atoms with Crippen LogP contribution in [0.2, 0.25) is 76.6 Å². The van der Waals surface area contributed by atoms with E-state index in [1.807, 2.05) is 0 Å². The van der Waals surface area contributed by atoms with Gasteiger partial charge in [0.15, 0.2) is 33.3 Å². The van der Waals surface area contributed by atoms with Crippen molar-refractivity contribution in [2.24, 2.45) is 22.9 Å². The molecule has 0 fully saturated rings. The van der Waals surface area contributed by atoms with Crippen molar-refractivity contribution in [1.82, 2.24) is 10.6 Å². The summed E-state index contributed by atoms with van der Waals surface area (Å²) in [6, 6.07) is 3.90. The second-order valence-corrected chi connectivity index (χ2v) is 33.4. The van der Waals surface area contributed by atoms with E-state index in [9.17, 15) is 0 Å². The monoisotopic (exact) mass is 642 g/mol. The van der Waals surface area contributed by atoms with Crippen LogP contribution in [0.15, 0.2) is 0 Å². The van der Waals surface area contributed by atoms with E-state index >= 15 is 0 Å². The topological polar surface area (TPSA) is 165 Å². The van der Waals surface area contributed by atoms with Gasteiger partial charge in [0, 0.05) is 26.2 Å². The van der Waals surface area contributed by atoms with Gasteiger partial charge in [0.05, 0.1) is 0 Å². The Bertz CT molecular complexity index is 584. The lowest BCUT2D eigenvalue weighted by molar-refractivity contribution is 0.145. The predicted octanol–water partition coefficient (Wildman–Crippen LogP) is 2.88. The Morgan fingerprint density at radius 2 is 0.692 bits per heavy atom. The molecule has 0 bridgehead atoms. The largest absolute Gasteiger partial charge is 0.636 e. The van der Waals surface area contributed by atoms with Crippen LogP contribution in [0, 0.1) is 0 Å². The maximum absolute atomic E-state index is 7.21. The molecule has 10 nitrogen and oxygen atoms in total. The summed E-state index contributed by atoms with van der Waals surface area (Å²) in [4.78, 5) is 0. The molecule has 0 unspecified atom stereocenters. The molecule has 0 aromatic heterocycles. The van der Waals surface area contributed by atoms with Gasteiger partial charge < -0.3 is 50.0 Å². The fourth-order valence-corrected chi connectivity index (χ4v) is 24.3. The van der Waals surface area contributed by atoms with Crippen LogP contribution >= 0.6 is 0 Å². The molecule has 0 atom stereocenters. The van der Waals surface area contributed by atoms with Crippen molar-refractivity contribution < 1.29 is 16.5 Å². The van der Waals surface area contributed by atoms with Gasteiger partial charge >= 0.3 is 9.05 Å². The van der Waals surface area contributed by atoms with Crippen LogP contribution in [-0.2, 0) is 16.5 Å². The van der Waals surface area contributed by atoms with E-state index in [-0.39, 0.29) is 0 Å². The fourth-order valence-electron chi connectivity index (χ4n) is 4.47. The molecule has 0 amide bonds. The molecule has 10 N–H and O–H groups in total. The zero-order chi connectivity index (χ0) is 30.1. The number of rotatable bonds is 26. The Labute approximate surface area is 246 Å². The van der Waals surface area contributed by atoms with Gasteiger partial charge in [-0.05, 0) is 128 Å². The first-order chi connectivity index (χ1) is 18.1. The minimum atomic E-state index is -3.50. The number of nitrogens with one attached hydrogen (secondary N) is 2. The van der Waals surface area contributed by atoms with E-state index in [0.29, 0.717) is 26.2 Å². The van der Waals surface area contributed by atoms with E-state index in [2.05, 4.69) is 63.0 Å². The third-order valence-corrected chi connectivity index (χ3v) is 25.6. The highest BCUT2D eigenvalue weighted by atomic mass is 28.5. The highest BCUT2D eigenvalue weighted by Crippen LogP contribution is 2.34. The predicted molar refractivity (Wildman–Crippen MR) is 180 cm³/mol. The quantitative estimate of drug-likeness (QED) is 0.0610. The summed E-state index contributed by atoms with van der Waals surface area (Å²) < 4.78 is 28.8. The van der Waals surface area contributed by atoms with Gasteiger partial charge in [-0.3, -0.25) is 0 Å². The Balaban J connectivity index is 6.20. The van der Waals surface area contributed by atoms with Crippen molar-refractivity contribution in [1.29, 1.82) is 0 Å². The van der Waals surface area contributed by atoms with Crippen LogP contribution in [0.4, 0.5) is 0 Å². The molecule has 0 heterocycles. The summed E-state index contributed by atoms with van der Waals surface area (Å²) in [6.07, 6.45) is 3.91. The zero-order valence-electron chi connectivity index (χ0n) is 26.8. The first-order valence-electron chi connectivity index (χ1n) is 15.1. The Morgan fingerprint density at radius 1 is 0.410 bits per heavy atom. The molecule has 0 spiro atoms. The highest BCUT2D eigenvalue weighted by Gasteiger charge is 2.57. The smallest absolute Gasteiger partial charge is 0.396 e. The lowest BCUT2D eigenvalue weighted by Crippen LogP contribution is -2.66. The lowest BCUT2D eigenvalue weighted by atomic mass is 10.5. The van der Waals surface area contributed by atoms with Gasteiger partial charge in [-0.2, -0.15) is 0 Å². The maximum Gasteiger partial charge on any atom is 0.636 e. The van der Waals surface area contributed by atoms with E-state index < -0.39 is 42.3 Å². The van der Waals surface area contributed by atoms with Crippen molar-refractivity contribution >= 4 is 42.3 Å². The van der Waals surface area contributed by atoms with Crippen LogP contribution in [0.25, 0.3) is 0 Å². The second kappa shape index (κ2) is 19.8. The molecule has 15 heteroatoms. The Hall–Kier alpha value is 0.684. The molecule has 0 aliphatic rings. The molecule has 0 saturated heterocycles. The first-order valence-corrected chi connectivity index (χ1v) is 29.2. The summed E-state index contributed by atoms with van der Waals surface area (Å²) in [5.41, 5.74) is 23.1. The van der Waals surface area contributed by atoms with Gasteiger partial charge in [-0.15, -0.1) is 0 Å². The van der Waals surface area contributed by atoms with E-state index in [0.717, 1.165) is 76.0 Å². The molecule has 0 aromatic carbocycles. The Kier molecular flexibility index (Phi) is 20.1. The number of hydrogen-bond donors (Lipinski definition) is 6. The standard InChI is InChI=1S/C24H66N6O4Si5/c1-35(2,21-9-13-25)31-39(32-36(3,4)22-10-14-26,33-37(5,6)23-11-17-29-19-15-27)34-38(7,8)24-12-18-30-20-16-28/h29-30H,9-28H2,1-8H3. The van der Waals surface area contributed by atoms with E-state index in [4.69, 9.17) is 39.4 Å². The minimum Gasteiger partial charge on any atom is -0.396 e. The fraction of sp³-hybridized carbons (Fsp3) is 1.00. The molecular weight excluding hydrogens is 577 g/mol. The minimum absolute atomic E-state index is 0.648. The summed E-state index contributed by atoms with van der Waals surface area (Å²) in [7, 11) is -12.3. The summed E-state index contributed by atoms with van der Waals surface area (Å²) in [5.74, 6) is 0. The molecule has 0 radical (unpaired) electrons. The molecule has 0 aliphatic carbocycles. The van der Waals surface area contributed by atoms with Gasteiger partial charge in [-0.25, -0.2) is 0 Å². The van der Waals surface area contributed by atoms with Crippen LogP contribution in [0.5, 0.6) is 0 Å². The van der Waals surface area contributed by atoms with E-state index in [1.54, 1.807) is 0 Å². The highest BCUT2D eigenvalue weighted by molar-refractivity contribution is 6.92. The zero-order valence-corrected chi connectivity index (χ0v) is 31.8. The SMILES string of the molecule is C[Si](C)(CCCN)O[Si](O[Si](C)(C)CCCN)(O[Si](C)(C)CCCNCCN)O[Si](C)(C)CCCNCCN. The van der Waals surface area contributed by atoms with Gasteiger partial charge in [-0.1, -0.05) is 0 Å². The second-order valence-electron chi connectivity index (χ2n) is 13.0. The summed E-state index contributed by atoms with van der Waals surface area (Å²) in [5, 5.41) is 6.82. The average molecular weight is 643 g/mol. The van der Waals surface area contributed by atoms with Gasteiger partial charge in [0.2, 0.25) is 0 Å². The molecule has 0 saturated carbocycles. The van der Waals surface area contributed by atoms with Crippen LogP contribution in [0.1, 0.15) is 25.7 Å². The third-order valence-electron chi connectivity index (χ3n) is 6.48. The van der Waals surface area contributed by atoms with Crippen molar-refractivity contribution in [3.63, 3.8) is 0 Å². The van der Waals surface area contributed by atoms with E-state index in [1.165, 1.54) is 0 Å². The normalized spacial score (nSPS) is 13.8. The summed E-state index contributed by atoms with van der Waals surface area (Å²) >= 11 is 0. The van der Waals surface area contributed by atoms with Crippen molar-refractivity contribution in [3.8, 4) is 0 Å². The van der Waals surface area contributed by atoms with Crippen LogP contribution in [0.3, 0.4) is 0 Å². The number of hydrogen-bond acceptors (Lipinski definition) is 10. The lowest BCUT2D eigenvalue weighted by Gasteiger charge is -2.46. The maximum atomic E-state index is 7.21. The molecule has 236 valence electrons. The molecule has 0 aliphatic heterocycles. The Morgan fingerprint density at radius 3 is 0.949 bits per heavy atom. The molecule has 39 heavy (non-hydrogen) atoms. The average Bonchev–Trinajstić information content (AvgIpc) is 2.79. The van der Waals surface area contributed by atoms with Crippen LogP contribution < -0.4 is 33.6 Å². The van der Waals surface area contributed by atoms with Crippen molar-refractivity contribution in [3.05, 3.63) is 0 Å².